The Morgan fingerprint density at radius 1 is 1.09 bits per heavy atom. The van der Waals surface area contributed by atoms with E-state index in [1.54, 1.807) is 6.92 Å². The van der Waals surface area contributed by atoms with Gasteiger partial charge >= 0.3 is 6.18 Å². The van der Waals surface area contributed by atoms with Crippen LogP contribution in [-0.4, -0.2) is 28.1 Å². The Morgan fingerprint density at radius 3 is 2.34 bits per heavy atom. The van der Waals surface area contributed by atoms with E-state index in [1.807, 2.05) is 0 Å². The van der Waals surface area contributed by atoms with Gasteiger partial charge in [0.05, 0.1) is 15.7 Å². The van der Waals surface area contributed by atoms with Gasteiger partial charge in [-0.3, -0.25) is 0 Å². The molecule has 0 unspecified atom stereocenters. The number of fused-ring (bicyclic) bond motifs is 1. The van der Waals surface area contributed by atoms with Gasteiger partial charge in [-0.05, 0) is 80.5 Å². The number of rotatable bonds is 4. The van der Waals surface area contributed by atoms with Crippen LogP contribution in [0.4, 0.5) is 22.0 Å². The average molecular weight is 538 g/mol. The van der Waals surface area contributed by atoms with E-state index in [2.05, 4.69) is 4.72 Å². The predicted molar refractivity (Wildman–Crippen MR) is 119 cm³/mol. The molecule has 0 amide bonds. The lowest BCUT2D eigenvalue weighted by molar-refractivity contribution is -0.137. The first-order valence-electron chi connectivity index (χ1n) is 11.1. The zero-order valence-electron chi connectivity index (χ0n) is 18.6. The molecular weight excluding hydrogens is 513 g/mol. The molecular formula is C23H24F5NO4S2. The Morgan fingerprint density at radius 2 is 1.74 bits per heavy atom. The van der Waals surface area contributed by atoms with Crippen molar-refractivity contribution >= 4 is 19.9 Å². The van der Waals surface area contributed by atoms with Gasteiger partial charge in [-0.2, -0.15) is 13.2 Å². The molecule has 1 heterocycles. The maximum absolute atomic E-state index is 15.1. The van der Waals surface area contributed by atoms with Crippen LogP contribution in [0, 0.1) is 17.6 Å². The average Bonchev–Trinajstić information content (AvgIpc) is 2.79. The summed E-state index contributed by atoms with van der Waals surface area (Å²) >= 11 is 0. The first-order valence-corrected chi connectivity index (χ1v) is 14.1. The van der Waals surface area contributed by atoms with Gasteiger partial charge in [0.15, 0.2) is 9.84 Å². The number of hydrogen-bond donors (Lipinski definition) is 1. The molecule has 35 heavy (non-hydrogen) atoms. The van der Waals surface area contributed by atoms with Gasteiger partial charge in [-0.1, -0.05) is 6.92 Å². The molecule has 0 radical (unpaired) electrons. The lowest BCUT2D eigenvalue weighted by atomic mass is 9.72. The Hall–Kier alpha value is -2.05. The lowest BCUT2D eigenvalue weighted by Crippen LogP contribution is -2.57. The monoisotopic (exact) mass is 537 g/mol. The standard InChI is InChI=1S/C23H24F5NO4S2/c1-2-17-11-14-13-22(10-9-21(14)29-35(17,32)33,19-12-16(24)5-8-20(19)25)34(30,31)18-6-3-15(4-7-18)23(26,27)28/h3-8,12,14,17,21,29H,2,9-11,13H2,1H3/t14-,17+,21+,22-/m0/s1. The van der Waals surface area contributed by atoms with Crippen LogP contribution in [0.5, 0.6) is 0 Å². The molecule has 0 bridgehead atoms. The van der Waals surface area contributed by atoms with E-state index in [0.717, 1.165) is 30.3 Å². The number of hydrogen-bond acceptors (Lipinski definition) is 4. The predicted octanol–water partition coefficient (Wildman–Crippen LogP) is 4.92. The third-order valence-electron chi connectivity index (χ3n) is 7.22. The van der Waals surface area contributed by atoms with Crippen molar-refractivity contribution in [1.29, 1.82) is 0 Å². The highest BCUT2D eigenvalue weighted by Crippen LogP contribution is 2.52. The fraction of sp³-hybridized carbons (Fsp3) is 0.478. The Kier molecular flexibility index (Phi) is 6.55. The molecule has 1 aliphatic carbocycles. The van der Waals surface area contributed by atoms with E-state index in [1.165, 1.54) is 0 Å². The number of sulfonamides is 1. The summed E-state index contributed by atoms with van der Waals surface area (Å²) in [5.74, 6) is -2.31. The van der Waals surface area contributed by atoms with Crippen LogP contribution in [0.2, 0.25) is 0 Å². The summed E-state index contributed by atoms with van der Waals surface area (Å²) in [6.07, 6.45) is -4.67. The van der Waals surface area contributed by atoms with E-state index in [4.69, 9.17) is 0 Å². The van der Waals surface area contributed by atoms with Gasteiger partial charge < -0.3 is 0 Å². The maximum Gasteiger partial charge on any atom is 0.416 e. The van der Waals surface area contributed by atoms with Crippen molar-refractivity contribution in [2.75, 3.05) is 0 Å². The van der Waals surface area contributed by atoms with Crippen LogP contribution in [0.15, 0.2) is 47.4 Å². The quantitative estimate of drug-likeness (QED) is 0.562. The molecule has 1 saturated carbocycles. The summed E-state index contributed by atoms with van der Waals surface area (Å²) in [4.78, 5) is -0.448. The molecule has 4 rings (SSSR count). The topological polar surface area (TPSA) is 80.3 Å². The lowest BCUT2D eigenvalue weighted by Gasteiger charge is -2.47. The summed E-state index contributed by atoms with van der Waals surface area (Å²) in [5, 5.41) is -0.773. The van der Waals surface area contributed by atoms with E-state index in [0.29, 0.717) is 12.1 Å². The fourth-order valence-corrected chi connectivity index (χ4v) is 9.46. The van der Waals surface area contributed by atoms with E-state index >= 15 is 4.39 Å². The third kappa shape index (κ3) is 4.48. The molecule has 4 atom stereocenters. The molecule has 5 nitrogen and oxygen atoms in total. The Labute approximate surface area is 200 Å². The molecule has 2 fully saturated rings. The third-order valence-corrected chi connectivity index (χ3v) is 11.8. The van der Waals surface area contributed by atoms with Crippen molar-refractivity contribution in [3.63, 3.8) is 0 Å². The zero-order chi connectivity index (χ0) is 25.8. The van der Waals surface area contributed by atoms with Crippen molar-refractivity contribution in [3.8, 4) is 0 Å². The minimum Gasteiger partial charge on any atom is -0.223 e. The fourth-order valence-electron chi connectivity index (χ4n) is 5.38. The Bertz CT molecular complexity index is 1330. The number of benzene rings is 2. The molecule has 1 N–H and O–H groups in total. The SMILES string of the molecule is CC[C@@H]1C[C@H]2C[C@@](c3cc(F)ccc3F)(S(=O)(=O)c3ccc(C(F)(F)F)cc3)CC[C@H]2NS1(=O)=O. The van der Waals surface area contributed by atoms with Crippen molar-refractivity contribution in [2.24, 2.45) is 5.92 Å². The molecule has 1 aliphatic heterocycles. The summed E-state index contributed by atoms with van der Waals surface area (Å²) in [6.45, 7) is 1.69. The molecule has 2 aliphatic rings. The summed E-state index contributed by atoms with van der Waals surface area (Å²) in [5.41, 5.74) is -1.45. The molecule has 1 saturated heterocycles. The summed E-state index contributed by atoms with van der Waals surface area (Å²) < 4.78 is 122. The normalized spacial score (nSPS) is 28.9. The smallest absolute Gasteiger partial charge is 0.223 e. The maximum atomic E-state index is 15.1. The molecule has 12 heteroatoms. The minimum absolute atomic E-state index is 0.0378. The number of alkyl halides is 3. The highest BCUT2D eigenvalue weighted by atomic mass is 32.2. The molecule has 0 spiro atoms. The molecule has 192 valence electrons. The Balaban J connectivity index is 1.85. The largest absolute Gasteiger partial charge is 0.416 e. The van der Waals surface area contributed by atoms with Gasteiger partial charge in [0.1, 0.15) is 16.4 Å². The van der Waals surface area contributed by atoms with Gasteiger partial charge in [-0.15, -0.1) is 0 Å². The highest BCUT2D eigenvalue weighted by molar-refractivity contribution is 7.92. The van der Waals surface area contributed by atoms with Crippen LogP contribution in [-0.2, 0) is 30.8 Å². The van der Waals surface area contributed by atoms with Gasteiger partial charge in [0.2, 0.25) is 10.0 Å². The molecule has 0 aromatic heterocycles. The zero-order valence-corrected chi connectivity index (χ0v) is 20.3. The molecule has 2 aromatic rings. The number of nitrogens with one attached hydrogen (secondary N) is 1. The van der Waals surface area contributed by atoms with E-state index in [9.17, 15) is 34.4 Å². The first kappa shape index (κ1) is 26.0. The van der Waals surface area contributed by atoms with Crippen LogP contribution in [0.1, 0.15) is 50.2 Å². The molecule has 2 aromatic carbocycles. The number of halogens is 5. The van der Waals surface area contributed by atoms with Crippen molar-refractivity contribution in [2.45, 2.75) is 66.1 Å². The second-order valence-corrected chi connectivity index (χ2v) is 13.4. The second kappa shape index (κ2) is 8.81. The first-order chi connectivity index (χ1) is 16.2. The van der Waals surface area contributed by atoms with E-state index < -0.39 is 75.7 Å². The van der Waals surface area contributed by atoms with Gasteiger partial charge in [-0.25, -0.2) is 30.3 Å². The van der Waals surface area contributed by atoms with Crippen LogP contribution >= 0.6 is 0 Å². The highest BCUT2D eigenvalue weighted by Gasteiger charge is 2.55. The van der Waals surface area contributed by atoms with Crippen molar-refractivity contribution < 1.29 is 38.8 Å². The van der Waals surface area contributed by atoms with Crippen LogP contribution in [0.3, 0.4) is 0 Å². The second-order valence-electron chi connectivity index (χ2n) is 9.18. The van der Waals surface area contributed by atoms with E-state index in [-0.39, 0.29) is 32.1 Å². The van der Waals surface area contributed by atoms with Crippen molar-refractivity contribution in [1.82, 2.24) is 4.72 Å². The summed E-state index contributed by atoms with van der Waals surface area (Å²) in [7, 11) is -8.14. The minimum atomic E-state index is -4.68. The van der Waals surface area contributed by atoms with Crippen LogP contribution in [0.25, 0.3) is 0 Å². The van der Waals surface area contributed by atoms with Gasteiger partial charge in [0, 0.05) is 11.6 Å². The van der Waals surface area contributed by atoms with Crippen molar-refractivity contribution in [3.05, 3.63) is 65.2 Å². The summed E-state index contributed by atoms with van der Waals surface area (Å²) in [6, 6.07) is 4.82. The van der Waals surface area contributed by atoms with Crippen LogP contribution < -0.4 is 4.72 Å². The van der Waals surface area contributed by atoms with Gasteiger partial charge in [0.25, 0.3) is 0 Å². The number of sulfone groups is 1.